The normalized spacial score (nSPS) is 26.5. The first-order chi connectivity index (χ1) is 27.8. The third-order valence-electron chi connectivity index (χ3n) is 11.2. The number of aliphatic hydroxyl groups excluding tert-OH is 2. The molecule has 0 radical (unpaired) electrons. The highest BCUT2D eigenvalue weighted by Gasteiger charge is 2.76. The Bertz CT molecular complexity index is 1570. The van der Waals surface area contributed by atoms with E-state index in [4.69, 9.17) is 33.6 Å². The molecule has 0 spiro atoms. The van der Waals surface area contributed by atoms with Crippen molar-refractivity contribution < 1.29 is 57.9 Å². The number of carbonyl (C=O) groups excluding carboxylic acids is 4. The molecule has 324 valence electrons. The van der Waals surface area contributed by atoms with E-state index in [1.165, 1.54) is 11.3 Å². The average Bonchev–Trinajstić information content (AvgIpc) is 3.73. The van der Waals surface area contributed by atoms with Crippen LogP contribution in [0.5, 0.6) is 0 Å². The number of nitrogens with zero attached hydrogens (tertiary/aromatic N) is 1. The van der Waals surface area contributed by atoms with Crippen LogP contribution in [0.15, 0.2) is 30.5 Å². The van der Waals surface area contributed by atoms with Gasteiger partial charge in [0.15, 0.2) is 11.8 Å². The SMILES string of the molecule is CCCCCC1(CCCCC)OC2C3CC4(C(=O)NCCC(=O)NC(CO)CCC(=O)OC(C)(C)C)C(ON(Cc5cccc(C=COCCO)c5)C4C(=O)O3)C2O1. The van der Waals surface area contributed by atoms with Crippen LogP contribution < -0.4 is 10.6 Å². The van der Waals surface area contributed by atoms with Crippen LogP contribution in [-0.2, 0) is 54.2 Å². The first-order valence-electron chi connectivity index (χ1n) is 21.2. The Labute approximate surface area is 342 Å². The molecule has 1 aromatic rings. The van der Waals surface area contributed by atoms with E-state index in [0.29, 0.717) is 12.8 Å². The van der Waals surface area contributed by atoms with Gasteiger partial charge in [0.2, 0.25) is 11.8 Å². The fourth-order valence-electron chi connectivity index (χ4n) is 8.57. The highest BCUT2D eigenvalue weighted by Crippen LogP contribution is 2.58. The van der Waals surface area contributed by atoms with Crippen molar-refractivity contribution in [3.8, 4) is 0 Å². The zero-order chi connectivity index (χ0) is 41.9. The van der Waals surface area contributed by atoms with Gasteiger partial charge in [0.05, 0.1) is 32.1 Å². The van der Waals surface area contributed by atoms with Crippen molar-refractivity contribution in [3.63, 3.8) is 0 Å². The highest BCUT2D eigenvalue weighted by atomic mass is 16.8. The molecular weight excluding hydrogens is 750 g/mol. The van der Waals surface area contributed by atoms with Crippen LogP contribution in [0.4, 0.5) is 0 Å². The van der Waals surface area contributed by atoms with Crippen LogP contribution in [0.1, 0.15) is 123 Å². The van der Waals surface area contributed by atoms with E-state index < -0.39 is 77.1 Å². The molecule has 3 saturated heterocycles. The Kier molecular flexibility index (Phi) is 16.1. The number of rotatable bonds is 23. The van der Waals surface area contributed by atoms with Gasteiger partial charge in [-0.15, -0.1) is 0 Å². The summed E-state index contributed by atoms with van der Waals surface area (Å²) in [5.74, 6) is -2.79. The standard InChI is InChI=1S/C43H65N3O12/c1-6-8-10-19-42(20-11-9-7-2)56-35-32-26-43(40(52)44-21-17-33(49)45-31(28-48)15-16-34(50)55-41(3,4)5)37(39(51)54-32)46(58-38(43)36(35)57-42)27-30-14-12-13-29(25-30)18-23-53-24-22-47/h12-14,18,23,25,31-32,35-38,47-48H,6-11,15-17,19-22,24,26-28H2,1-5H3,(H,44,52)(H,45,49). The number of unbranched alkanes of at least 4 members (excludes halogenated alkanes) is 4. The first-order valence-corrected chi connectivity index (χ1v) is 21.2. The molecule has 1 aliphatic carbocycles. The van der Waals surface area contributed by atoms with Crippen molar-refractivity contribution in [1.29, 1.82) is 0 Å². The number of aliphatic hydroxyl groups is 2. The number of nitrogens with one attached hydrogen (secondary N) is 2. The quantitative estimate of drug-likeness (QED) is 0.0699. The maximum absolute atomic E-state index is 14.7. The second-order valence-corrected chi connectivity index (χ2v) is 16.9. The van der Waals surface area contributed by atoms with Crippen molar-refractivity contribution in [3.05, 3.63) is 41.7 Å². The van der Waals surface area contributed by atoms with Gasteiger partial charge in [-0.2, -0.15) is 5.06 Å². The van der Waals surface area contributed by atoms with Crippen molar-refractivity contribution in [1.82, 2.24) is 15.7 Å². The molecule has 7 unspecified atom stereocenters. The number of benzene rings is 1. The van der Waals surface area contributed by atoms with E-state index in [1.807, 2.05) is 24.3 Å². The van der Waals surface area contributed by atoms with Gasteiger partial charge in [-0.05, 0) is 57.2 Å². The second kappa shape index (κ2) is 20.6. The molecule has 1 saturated carbocycles. The van der Waals surface area contributed by atoms with Gasteiger partial charge in [0, 0.05) is 38.6 Å². The number of fused-ring (bicyclic) bond motifs is 4. The highest BCUT2D eigenvalue weighted by molar-refractivity contribution is 5.94. The van der Waals surface area contributed by atoms with Gasteiger partial charge >= 0.3 is 11.9 Å². The predicted molar refractivity (Wildman–Crippen MR) is 212 cm³/mol. The summed E-state index contributed by atoms with van der Waals surface area (Å²) in [7, 11) is 0. The maximum Gasteiger partial charge on any atom is 0.327 e. The molecule has 15 nitrogen and oxygen atoms in total. The molecule has 2 bridgehead atoms. The largest absolute Gasteiger partial charge is 0.499 e. The minimum absolute atomic E-state index is 0.0189. The van der Waals surface area contributed by atoms with Crippen LogP contribution in [0, 0.1) is 5.41 Å². The lowest BCUT2D eigenvalue weighted by Gasteiger charge is -2.48. The Morgan fingerprint density at radius 3 is 2.43 bits per heavy atom. The summed E-state index contributed by atoms with van der Waals surface area (Å²) < 4.78 is 30.6. The van der Waals surface area contributed by atoms with Gasteiger partial charge in [-0.1, -0.05) is 63.8 Å². The first kappa shape index (κ1) is 45.5. The lowest BCUT2D eigenvalue weighted by atomic mass is 9.62. The Morgan fingerprint density at radius 1 is 1.03 bits per heavy atom. The molecule has 15 heteroatoms. The van der Waals surface area contributed by atoms with Crippen LogP contribution in [0.25, 0.3) is 6.08 Å². The van der Waals surface area contributed by atoms with Crippen molar-refractivity contribution >= 4 is 29.8 Å². The van der Waals surface area contributed by atoms with Gasteiger partial charge < -0.3 is 44.5 Å². The van der Waals surface area contributed by atoms with Gasteiger partial charge in [0.25, 0.3) is 0 Å². The van der Waals surface area contributed by atoms with E-state index in [9.17, 15) is 24.3 Å². The van der Waals surface area contributed by atoms with Gasteiger partial charge in [-0.3, -0.25) is 24.0 Å². The molecule has 4 N–H and O–H groups in total. The third-order valence-corrected chi connectivity index (χ3v) is 11.2. The van der Waals surface area contributed by atoms with E-state index in [-0.39, 0.29) is 58.6 Å². The van der Waals surface area contributed by atoms with E-state index in [0.717, 1.165) is 49.7 Å². The van der Waals surface area contributed by atoms with Gasteiger partial charge in [0.1, 0.15) is 42.0 Å². The molecule has 3 aliphatic heterocycles. The molecule has 7 atom stereocenters. The number of hydrogen-bond acceptors (Lipinski definition) is 13. The number of hydrogen-bond donors (Lipinski definition) is 4. The molecule has 4 fully saturated rings. The average molecular weight is 816 g/mol. The molecule has 5 rings (SSSR count). The fraction of sp³-hybridized carbons (Fsp3) is 0.721. The third kappa shape index (κ3) is 11.2. The molecule has 0 aromatic heterocycles. The van der Waals surface area contributed by atoms with E-state index in [2.05, 4.69) is 24.5 Å². The molecule has 2 amide bonds. The number of hydroxylamine groups is 2. The lowest BCUT2D eigenvalue weighted by Crippen LogP contribution is -2.69. The second-order valence-electron chi connectivity index (χ2n) is 16.9. The smallest absolute Gasteiger partial charge is 0.327 e. The maximum atomic E-state index is 14.7. The summed E-state index contributed by atoms with van der Waals surface area (Å²) >= 11 is 0. The van der Waals surface area contributed by atoms with Crippen LogP contribution in [-0.4, -0.2) is 113 Å². The fourth-order valence-corrected chi connectivity index (χ4v) is 8.57. The molecule has 3 heterocycles. The van der Waals surface area contributed by atoms with E-state index >= 15 is 0 Å². The van der Waals surface area contributed by atoms with Crippen molar-refractivity contribution in [2.45, 2.75) is 166 Å². The lowest BCUT2D eigenvalue weighted by molar-refractivity contribution is -0.224. The topological polar surface area (TPSA) is 191 Å². The molecule has 1 aromatic carbocycles. The summed E-state index contributed by atoms with van der Waals surface area (Å²) in [6, 6.07) is 5.80. The summed E-state index contributed by atoms with van der Waals surface area (Å²) in [4.78, 5) is 60.8. The summed E-state index contributed by atoms with van der Waals surface area (Å²) in [5.41, 5.74) is -0.427. The van der Waals surface area contributed by atoms with Crippen LogP contribution in [0.3, 0.4) is 0 Å². The molecular formula is C43H65N3O12. The zero-order valence-corrected chi connectivity index (χ0v) is 34.9. The predicted octanol–water partition coefficient (Wildman–Crippen LogP) is 4.21. The molecule has 58 heavy (non-hydrogen) atoms. The number of esters is 2. The van der Waals surface area contributed by atoms with Crippen LogP contribution in [0.2, 0.25) is 0 Å². The Balaban J connectivity index is 1.36. The monoisotopic (exact) mass is 815 g/mol. The number of amides is 2. The summed E-state index contributed by atoms with van der Waals surface area (Å²) in [5, 5.41) is 26.2. The Morgan fingerprint density at radius 2 is 1.76 bits per heavy atom. The summed E-state index contributed by atoms with van der Waals surface area (Å²) in [6.07, 6.45) is 7.76. The number of ether oxygens (including phenoxy) is 5. The number of carbonyl (C=O) groups is 4. The molecule has 4 aliphatic rings. The minimum Gasteiger partial charge on any atom is -0.499 e. The zero-order valence-electron chi connectivity index (χ0n) is 34.9. The van der Waals surface area contributed by atoms with Crippen LogP contribution >= 0.6 is 0 Å². The van der Waals surface area contributed by atoms with E-state index in [1.54, 1.807) is 26.8 Å². The van der Waals surface area contributed by atoms with Gasteiger partial charge in [-0.25, -0.2) is 0 Å². The van der Waals surface area contributed by atoms with Crippen molar-refractivity contribution in [2.75, 3.05) is 26.4 Å². The Hall–Kier alpha value is -3.60. The van der Waals surface area contributed by atoms with Crippen molar-refractivity contribution in [2.24, 2.45) is 5.41 Å². The minimum atomic E-state index is -1.42. The summed E-state index contributed by atoms with van der Waals surface area (Å²) in [6.45, 7) is 9.39.